The van der Waals surface area contributed by atoms with Gasteiger partial charge in [-0.25, -0.2) is 13.1 Å². The molecule has 20 heavy (non-hydrogen) atoms. The summed E-state index contributed by atoms with van der Waals surface area (Å²) in [4.78, 5) is -0.00249. The Balaban J connectivity index is 2.04. The summed E-state index contributed by atoms with van der Waals surface area (Å²) < 4.78 is 29.9. The predicted octanol–water partition coefficient (Wildman–Crippen LogP) is -0.865. The fourth-order valence-corrected chi connectivity index (χ4v) is 2.80. The van der Waals surface area contributed by atoms with Gasteiger partial charge in [-0.15, -0.1) is 10.2 Å². The number of nitrogens with two attached hydrogens (primary N) is 1. The van der Waals surface area contributed by atoms with Crippen molar-refractivity contribution in [2.24, 2.45) is 7.05 Å². The Labute approximate surface area is 116 Å². The fraction of sp³-hybridized carbons (Fsp3) is 0.500. The molecule has 0 unspecified atom stereocenters. The summed E-state index contributed by atoms with van der Waals surface area (Å²) in [7, 11) is -1.86. The van der Waals surface area contributed by atoms with E-state index in [1.165, 1.54) is 10.9 Å². The molecule has 2 rings (SSSR count). The third kappa shape index (κ3) is 2.96. The van der Waals surface area contributed by atoms with Gasteiger partial charge in [0.25, 0.3) is 0 Å². The van der Waals surface area contributed by atoms with Gasteiger partial charge in [0.2, 0.25) is 10.0 Å². The van der Waals surface area contributed by atoms with Crippen molar-refractivity contribution >= 4 is 15.8 Å². The van der Waals surface area contributed by atoms with E-state index in [1.54, 1.807) is 17.9 Å². The normalized spacial score (nSPS) is 11.9. The molecule has 0 fully saturated rings. The second kappa shape index (κ2) is 5.59. The van der Waals surface area contributed by atoms with Gasteiger partial charge in [0.05, 0.1) is 0 Å². The Morgan fingerprint density at radius 3 is 2.75 bits per heavy atom. The summed E-state index contributed by atoms with van der Waals surface area (Å²) in [5.74, 6) is 0.697. The quantitative estimate of drug-likeness (QED) is 0.715. The molecule has 0 aliphatic rings. The molecule has 0 saturated heterocycles. The molecule has 0 spiro atoms. The SMILES string of the molecule is CCn1cc(S(=O)(=O)NCCc2nncn2C)c(N)n1. The molecule has 0 bridgehead atoms. The number of anilines is 1. The number of aryl methyl sites for hydroxylation is 2. The zero-order valence-corrected chi connectivity index (χ0v) is 12.1. The van der Waals surface area contributed by atoms with E-state index in [9.17, 15) is 8.42 Å². The number of hydrogen-bond donors (Lipinski definition) is 2. The summed E-state index contributed by atoms with van der Waals surface area (Å²) >= 11 is 0. The third-order valence-corrected chi connectivity index (χ3v) is 4.29. The van der Waals surface area contributed by atoms with E-state index >= 15 is 0 Å². The lowest BCUT2D eigenvalue weighted by atomic mass is 10.4. The smallest absolute Gasteiger partial charge is 0.245 e. The summed E-state index contributed by atoms with van der Waals surface area (Å²) in [6.45, 7) is 2.62. The molecular formula is C10H17N7O2S. The Morgan fingerprint density at radius 1 is 1.45 bits per heavy atom. The summed E-state index contributed by atoms with van der Waals surface area (Å²) in [5, 5.41) is 11.5. The molecule has 0 aromatic carbocycles. The first-order valence-electron chi connectivity index (χ1n) is 6.09. The average molecular weight is 299 g/mol. The lowest BCUT2D eigenvalue weighted by molar-refractivity contribution is 0.579. The number of nitrogens with one attached hydrogen (secondary N) is 1. The lowest BCUT2D eigenvalue weighted by Gasteiger charge is -2.05. The Morgan fingerprint density at radius 2 is 2.20 bits per heavy atom. The van der Waals surface area contributed by atoms with Gasteiger partial charge in [-0.05, 0) is 6.92 Å². The summed E-state index contributed by atoms with van der Waals surface area (Å²) in [6.07, 6.45) is 3.42. The van der Waals surface area contributed by atoms with Crippen molar-refractivity contribution in [3.63, 3.8) is 0 Å². The maximum Gasteiger partial charge on any atom is 0.245 e. The average Bonchev–Trinajstić information content (AvgIpc) is 2.96. The van der Waals surface area contributed by atoms with Crippen LogP contribution in [-0.4, -0.2) is 39.5 Å². The minimum atomic E-state index is -3.66. The van der Waals surface area contributed by atoms with Crippen molar-refractivity contribution < 1.29 is 8.42 Å². The van der Waals surface area contributed by atoms with E-state index < -0.39 is 10.0 Å². The second-order valence-corrected chi connectivity index (χ2v) is 5.98. The minimum Gasteiger partial charge on any atom is -0.381 e. The molecule has 9 nitrogen and oxygen atoms in total. The zero-order chi connectivity index (χ0) is 14.8. The molecule has 2 aromatic rings. The van der Waals surface area contributed by atoms with Crippen LogP contribution in [0.25, 0.3) is 0 Å². The molecule has 0 atom stereocenters. The van der Waals surface area contributed by atoms with Crippen LogP contribution in [0.15, 0.2) is 17.4 Å². The predicted molar refractivity (Wildman–Crippen MR) is 72.2 cm³/mol. The van der Waals surface area contributed by atoms with E-state index in [-0.39, 0.29) is 17.3 Å². The van der Waals surface area contributed by atoms with E-state index in [0.717, 1.165) is 0 Å². The van der Waals surface area contributed by atoms with E-state index in [2.05, 4.69) is 20.0 Å². The minimum absolute atomic E-state index is 0.00184. The van der Waals surface area contributed by atoms with Gasteiger partial charge in [-0.3, -0.25) is 4.68 Å². The van der Waals surface area contributed by atoms with Crippen LogP contribution in [0.4, 0.5) is 5.82 Å². The molecule has 0 aliphatic heterocycles. The lowest BCUT2D eigenvalue weighted by Crippen LogP contribution is -2.27. The number of aromatic nitrogens is 5. The first kappa shape index (κ1) is 14.5. The van der Waals surface area contributed by atoms with Crippen molar-refractivity contribution in [2.45, 2.75) is 24.8 Å². The highest BCUT2D eigenvalue weighted by Crippen LogP contribution is 2.15. The van der Waals surface area contributed by atoms with Gasteiger partial charge in [-0.2, -0.15) is 5.10 Å². The van der Waals surface area contributed by atoms with E-state index in [4.69, 9.17) is 5.73 Å². The van der Waals surface area contributed by atoms with Gasteiger partial charge < -0.3 is 10.3 Å². The highest BCUT2D eigenvalue weighted by Gasteiger charge is 2.20. The van der Waals surface area contributed by atoms with Crippen LogP contribution in [0.3, 0.4) is 0 Å². The Kier molecular flexibility index (Phi) is 4.04. The fourth-order valence-electron chi connectivity index (χ4n) is 1.70. The highest BCUT2D eigenvalue weighted by atomic mass is 32.2. The number of sulfonamides is 1. The molecule has 0 radical (unpaired) electrons. The first-order chi connectivity index (χ1) is 9.44. The molecule has 0 saturated carbocycles. The largest absolute Gasteiger partial charge is 0.381 e. The standard InChI is InChI=1S/C10H17N7O2S/c1-3-17-6-8(10(11)15-17)20(18,19)13-5-4-9-14-12-7-16(9)2/h6-7,13H,3-5H2,1-2H3,(H2,11,15). The number of nitrogen functional groups attached to an aromatic ring is 1. The van der Waals surface area contributed by atoms with Crippen molar-refractivity contribution in [1.29, 1.82) is 0 Å². The topological polar surface area (TPSA) is 121 Å². The molecule has 10 heteroatoms. The number of hydrogen-bond acceptors (Lipinski definition) is 6. The summed E-state index contributed by atoms with van der Waals surface area (Å²) in [5.41, 5.74) is 5.62. The van der Waals surface area contributed by atoms with Gasteiger partial charge >= 0.3 is 0 Å². The third-order valence-electron chi connectivity index (χ3n) is 2.81. The van der Waals surface area contributed by atoms with Crippen molar-refractivity contribution in [1.82, 2.24) is 29.3 Å². The first-order valence-corrected chi connectivity index (χ1v) is 7.58. The monoisotopic (exact) mass is 299 g/mol. The van der Waals surface area contributed by atoms with E-state index in [0.29, 0.717) is 18.8 Å². The molecule has 2 aromatic heterocycles. The second-order valence-electron chi connectivity index (χ2n) is 4.24. The molecule has 110 valence electrons. The van der Waals surface area contributed by atoms with Crippen molar-refractivity contribution in [2.75, 3.05) is 12.3 Å². The number of nitrogens with zero attached hydrogens (tertiary/aromatic N) is 5. The molecule has 0 aliphatic carbocycles. The van der Waals surface area contributed by atoms with Crippen LogP contribution in [0.1, 0.15) is 12.7 Å². The van der Waals surface area contributed by atoms with E-state index in [1.807, 2.05) is 6.92 Å². The highest BCUT2D eigenvalue weighted by molar-refractivity contribution is 7.89. The maximum absolute atomic E-state index is 12.1. The van der Waals surface area contributed by atoms with Crippen LogP contribution in [0.2, 0.25) is 0 Å². The molecule has 3 N–H and O–H groups in total. The Bertz CT molecular complexity index is 688. The van der Waals surface area contributed by atoms with Gasteiger partial charge in [-0.1, -0.05) is 0 Å². The van der Waals surface area contributed by atoms with Gasteiger partial charge in [0.15, 0.2) is 5.82 Å². The number of rotatable bonds is 6. The van der Waals surface area contributed by atoms with Gasteiger partial charge in [0.1, 0.15) is 17.0 Å². The molecular weight excluding hydrogens is 282 g/mol. The van der Waals surface area contributed by atoms with Crippen molar-refractivity contribution in [3.05, 3.63) is 18.3 Å². The Hall–Kier alpha value is -1.94. The van der Waals surface area contributed by atoms with Crippen LogP contribution in [-0.2, 0) is 30.0 Å². The molecule has 2 heterocycles. The van der Waals surface area contributed by atoms with Crippen molar-refractivity contribution in [3.8, 4) is 0 Å². The molecule has 0 amide bonds. The van der Waals surface area contributed by atoms with Crippen LogP contribution >= 0.6 is 0 Å². The zero-order valence-electron chi connectivity index (χ0n) is 11.3. The van der Waals surface area contributed by atoms with Crippen LogP contribution in [0, 0.1) is 0 Å². The van der Waals surface area contributed by atoms with Crippen LogP contribution in [0.5, 0.6) is 0 Å². The summed E-state index contributed by atoms with van der Waals surface area (Å²) in [6, 6.07) is 0. The van der Waals surface area contributed by atoms with Crippen LogP contribution < -0.4 is 10.5 Å². The van der Waals surface area contributed by atoms with Gasteiger partial charge in [0, 0.05) is 32.8 Å². The maximum atomic E-state index is 12.1.